The normalized spacial score (nSPS) is 16.4. The molecule has 1 aromatic carbocycles. The van der Waals surface area contributed by atoms with Crippen LogP contribution in [0.4, 0.5) is 0 Å². The Bertz CT molecular complexity index is 399. The van der Waals surface area contributed by atoms with Crippen molar-refractivity contribution in [3.8, 4) is 0 Å². The van der Waals surface area contributed by atoms with Gasteiger partial charge in [-0.15, -0.1) is 11.8 Å². The van der Waals surface area contributed by atoms with Gasteiger partial charge in [-0.2, -0.15) is 0 Å². The van der Waals surface area contributed by atoms with E-state index in [2.05, 4.69) is 39.1 Å². The lowest BCUT2D eigenvalue weighted by molar-refractivity contribution is 0.157. The van der Waals surface area contributed by atoms with E-state index in [1.165, 1.54) is 4.90 Å². The van der Waals surface area contributed by atoms with Crippen LogP contribution in [0.2, 0.25) is 5.02 Å². The summed E-state index contributed by atoms with van der Waals surface area (Å²) in [6, 6.07) is 8.26. The maximum Gasteiger partial charge on any atom is 0.0611 e. The summed E-state index contributed by atoms with van der Waals surface area (Å²) < 4.78 is 0. The third-order valence-corrected chi connectivity index (χ3v) is 4.19. The fourth-order valence-corrected chi connectivity index (χ4v) is 3.84. The van der Waals surface area contributed by atoms with Gasteiger partial charge in [0.25, 0.3) is 0 Å². The Hall–Kier alpha value is -0.220. The molecule has 2 unspecified atom stereocenters. The fraction of sp³-hybridized carbons (Fsp3) is 0.600. The van der Waals surface area contributed by atoms with E-state index in [1.54, 1.807) is 11.8 Å². The first-order valence-electron chi connectivity index (χ1n) is 6.65. The average Bonchev–Trinajstić information content (AvgIpc) is 2.27. The number of rotatable bonds is 7. The van der Waals surface area contributed by atoms with Crippen LogP contribution in [-0.2, 0) is 0 Å². The van der Waals surface area contributed by atoms with Gasteiger partial charge >= 0.3 is 0 Å². The molecule has 1 rings (SSSR count). The minimum Gasteiger partial charge on any atom is -0.394 e. The molecule has 1 aromatic rings. The molecule has 0 aromatic heterocycles. The maximum absolute atomic E-state index is 9.60. The maximum atomic E-state index is 9.60. The number of aliphatic hydroxyl groups is 1. The topological polar surface area (TPSA) is 32.3 Å². The molecular formula is C15H24ClNOS. The summed E-state index contributed by atoms with van der Waals surface area (Å²) >= 11 is 7.78. The zero-order chi connectivity index (χ0) is 14.5. The third kappa shape index (κ3) is 6.17. The van der Waals surface area contributed by atoms with Gasteiger partial charge in [-0.25, -0.2) is 0 Å². The molecule has 0 heterocycles. The molecule has 2 atom stereocenters. The Morgan fingerprint density at radius 2 is 2.05 bits per heavy atom. The second-order valence-corrected chi connectivity index (χ2v) is 7.56. The monoisotopic (exact) mass is 301 g/mol. The van der Waals surface area contributed by atoms with Gasteiger partial charge in [0.1, 0.15) is 0 Å². The first-order chi connectivity index (χ1) is 8.84. The number of nitrogens with one attached hydrogen (secondary N) is 1. The molecular weight excluding hydrogens is 278 g/mol. The van der Waals surface area contributed by atoms with Crippen molar-refractivity contribution in [2.75, 3.05) is 6.61 Å². The molecule has 0 amide bonds. The molecule has 0 aliphatic heterocycles. The highest BCUT2D eigenvalue weighted by Crippen LogP contribution is 2.30. The Morgan fingerprint density at radius 1 is 1.37 bits per heavy atom. The Morgan fingerprint density at radius 3 is 2.58 bits per heavy atom. The third-order valence-electron chi connectivity index (χ3n) is 2.86. The van der Waals surface area contributed by atoms with Crippen LogP contribution in [0.15, 0.2) is 29.2 Å². The van der Waals surface area contributed by atoms with E-state index >= 15 is 0 Å². The molecule has 0 saturated heterocycles. The lowest BCUT2D eigenvalue weighted by Crippen LogP contribution is -2.50. The zero-order valence-corrected chi connectivity index (χ0v) is 13.7. The summed E-state index contributed by atoms with van der Waals surface area (Å²) in [5.41, 5.74) is -0.237. The van der Waals surface area contributed by atoms with Gasteiger partial charge in [0, 0.05) is 26.7 Å². The lowest BCUT2D eigenvalue weighted by Gasteiger charge is -2.33. The van der Waals surface area contributed by atoms with E-state index in [9.17, 15) is 5.11 Å². The van der Waals surface area contributed by atoms with Crippen molar-refractivity contribution in [3.05, 3.63) is 29.3 Å². The highest BCUT2D eigenvalue weighted by atomic mass is 35.5. The van der Waals surface area contributed by atoms with E-state index in [0.29, 0.717) is 11.3 Å². The standard InChI is InChI=1S/C15H24ClNOS/c1-11(2)17-15(4,10-18)9-12(3)19-14-7-5-6-13(16)8-14/h5-8,11-12,17-18H,9-10H2,1-4H3. The minimum absolute atomic E-state index is 0.144. The van der Waals surface area contributed by atoms with Crippen LogP contribution >= 0.6 is 23.4 Å². The highest BCUT2D eigenvalue weighted by Gasteiger charge is 2.26. The van der Waals surface area contributed by atoms with Crippen LogP contribution < -0.4 is 5.32 Å². The minimum atomic E-state index is -0.237. The average molecular weight is 302 g/mol. The first-order valence-corrected chi connectivity index (χ1v) is 7.91. The van der Waals surface area contributed by atoms with Crippen LogP contribution in [0, 0.1) is 0 Å². The molecule has 19 heavy (non-hydrogen) atoms. The van der Waals surface area contributed by atoms with E-state index < -0.39 is 0 Å². The Labute approximate surface area is 125 Å². The van der Waals surface area contributed by atoms with Crippen LogP contribution in [0.25, 0.3) is 0 Å². The fourth-order valence-electron chi connectivity index (χ4n) is 2.31. The molecule has 0 radical (unpaired) electrons. The van der Waals surface area contributed by atoms with Gasteiger partial charge in [-0.1, -0.05) is 38.4 Å². The smallest absolute Gasteiger partial charge is 0.0611 e. The second kappa shape index (κ2) is 7.53. The van der Waals surface area contributed by atoms with Crippen molar-refractivity contribution >= 4 is 23.4 Å². The van der Waals surface area contributed by atoms with Gasteiger partial charge in [-0.05, 0) is 31.5 Å². The molecule has 0 aliphatic rings. The SMILES string of the molecule is CC(C)NC(C)(CO)CC(C)Sc1cccc(Cl)c1. The highest BCUT2D eigenvalue weighted by molar-refractivity contribution is 8.00. The number of halogens is 1. The molecule has 0 spiro atoms. The van der Waals surface area contributed by atoms with Crippen molar-refractivity contribution in [3.63, 3.8) is 0 Å². The molecule has 0 saturated carbocycles. The number of benzene rings is 1. The Balaban J connectivity index is 2.60. The summed E-state index contributed by atoms with van der Waals surface area (Å²) in [6.45, 7) is 8.60. The molecule has 0 aliphatic carbocycles. The van der Waals surface area contributed by atoms with Crippen molar-refractivity contribution < 1.29 is 5.11 Å². The molecule has 2 N–H and O–H groups in total. The van der Waals surface area contributed by atoms with Crippen molar-refractivity contribution in [2.45, 2.75) is 55.8 Å². The van der Waals surface area contributed by atoms with Crippen molar-refractivity contribution in [1.29, 1.82) is 0 Å². The van der Waals surface area contributed by atoms with Crippen LogP contribution in [0.5, 0.6) is 0 Å². The van der Waals surface area contributed by atoms with Gasteiger partial charge < -0.3 is 10.4 Å². The summed E-state index contributed by atoms with van der Waals surface area (Å²) in [5.74, 6) is 0. The van der Waals surface area contributed by atoms with E-state index in [-0.39, 0.29) is 12.1 Å². The predicted octanol–water partition coefficient (Wildman–Crippen LogP) is 3.96. The van der Waals surface area contributed by atoms with Gasteiger partial charge in [0.05, 0.1) is 6.61 Å². The summed E-state index contributed by atoms with van der Waals surface area (Å²) in [4.78, 5) is 1.17. The number of aliphatic hydroxyl groups excluding tert-OH is 1. The number of hydrogen-bond donors (Lipinski definition) is 2. The summed E-state index contributed by atoms with van der Waals surface area (Å²) in [6.07, 6.45) is 0.902. The summed E-state index contributed by atoms with van der Waals surface area (Å²) in [5, 5.41) is 14.2. The summed E-state index contributed by atoms with van der Waals surface area (Å²) in [7, 11) is 0. The van der Waals surface area contributed by atoms with Gasteiger partial charge in [-0.3, -0.25) is 0 Å². The molecule has 2 nitrogen and oxygen atoms in total. The lowest BCUT2D eigenvalue weighted by atomic mass is 9.96. The molecule has 108 valence electrons. The number of hydrogen-bond acceptors (Lipinski definition) is 3. The number of thioether (sulfide) groups is 1. The largest absolute Gasteiger partial charge is 0.394 e. The van der Waals surface area contributed by atoms with Gasteiger partial charge in [0.15, 0.2) is 0 Å². The Kier molecular flexibility index (Phi) is 6.67. The van der Waals surface area contributed by atoms with Crippen LogP contribution in [0.3, 0.4) is 0 Å². The zero-order valence-electron chi connectivity index (χ0n) is 12.1. The quantitative estimate of drug-likeness (QED) is 0.748. The molecule has 0 bridgehead atoms. The van der Waals surface area contributed by atoms with Crippen molar-refractivity contribution in [1.82, 2.24) is 5.32 Å². The first kappa shape index (κ1) is 16.8. The van der Waals surface area contributed by atoms with Crippen molar-refractivity contribution in [2.24, 2.45) is 0 Å². The van der Waals surface area contributed by atoms with Gasteiger partial charge in [0.2, 0.25) is 0 Å². The molecule has 4 heteroatoms. The van der Waals surface area contributed by atoms with E-state index in [1.807, 2.05) is 18.2 Å². The van der Waals surface area contributed by atoms with Crippen LogP contribution in [-0.4, -0.2) is 28.5 Å². The van der Waals surface area contributed by atoms with E-state index in [0.717, 1.165) is 11.4 Å². The second-order valence-electron chi connectivity index (χ2n) is 5.61. The van der Waals surface area contributed by atoms with Crippen LogP contribution in [0.1, 0.15) is 34.1 Å². The molecule has 0 fully saturated rings. The van der Waals surface area contributed by atoms with E-state index in [4.69, 9.17) is 11.6 Å². The predicted molar refractivity (Wildman–Crippen MR) is 85.2 cm³/mol.